The van der Waals surface area contributed by atoms with Crippen molar-refractivity contribution >= 4 is 5.91 Å². The highest BCUT2D eigenvalue weighted by Gasteiger charge is 2.07. The van der Waals surface area contributed by atoms with Gasteiger partial charge in [0.15, 0.2) is 0 Å². The molecule has 1 rings (SSSR count). The molecule has 1 amide bonds. The summed E-state index contributed by atoms with van der Waals surface area (Å²) in [6.45, 7) is 6.94. The number of rotatable bonds is 6. The predicted molar refractivity (Wildman–Crippen MR) is 63.0 cm³/mol. The Morgan fingerprint density at radius 1 is 1.62 bits per heavy atom. The normalized spacial score (nSPS) is 10.4. The van der Waals surface area contributed by atoms with Crippen LogP contribution in [0.1, 0.15) is 11.5 Å². The number of hydrogen-bond donors (Lipinski definition) is 1. The highest BCUT2D eigenvalue weighted by Crippen LogP contribution is 2.08. The van der Waals surface area contributed by atoms with E-state index in [9.17, 15) is 4.79 Å². The van der Waals surface area contributed by atoms with Gasteiger partial charge in [0.25, 0.3) is 0 Å². The molecular weight excluding hydrogens is 204 g/mol. The van der Waals surface area contributed by atoms with Crippen LogP contribution in [0.25, 0.3) is 0 Å². The van der Waals surface area contributed by atoms with E-state index in [1.807, 2.05) is 31.0 Å². The number of aryl methyl sites for hydroxylation is 1. The van der Waals surface area contributed by atoms with Gasteiger partial charge in [-0.1, -0.05) is 6.08 Å². The average molecular weight is 222 g/mol. The zero-order valence-corrected chi connectivity index (χ0v) is 9.82. The van der Waals surface area contributed by atoms with Crippen LogP contribution >= 0.6 is 0 Å². The van der Waals surface area contributed by atoms with Crippen molar-refractivity contribution in [1.82, 2.24) is 10.2 Å². The van der Waals surface area contributed by atoms with Crippen LogP contribution in [0.5, 0.6) is 0 Å². The highest BCUT2D eigenvalue weighted by molar-refractivity contribution is 5.78. The Hall–Kier alpha value is -1.55. The molecule has 0 bridgehead atoms. The second-order valence-electron chi connectivity index (χ2n) is 3.78. The van der Waals surface area contributed by atoms with Gasteiger partial charge in [-0.05, 0) is 26.1 Å². The van der Waals surface area contributed by atoms with Gasteiger partial charge < -0.3 is 9.73 Å². The monoisotopic (exact) mass is 222 g/mol. The van der Waals surface area contributed by atoms with Gasteiger partial charge >= 0.3 is 0 Å². The summed E-state index contributed by atoms with van der Waals surface area (Å²) in [6, 6.07) is 3.84. The van der Waals surface area contributed by atoms with E-state index in [-0.39, 0.29) is 5.91 Å². The number of likely N-dealkylation sites (N-methyl/N-ethyl adjacent to an activating group) is 1. The minimum Gasteiger partial charge on any atom is -0.465 e. The Kier molecular flexibility index (Phi) is 4.79. The average Bonchev–Trinajstić information content (AvgIpc) is 2.60. The Balaban J connectivity index is 2.32. The van der Waals surface area contributed by atoms with E-state index in [0.29, 0.717) is 19.6 Å². The van der Waals surface area contributed by atoms with Crippen molar-refractivity contribution < 1.29 is 9.21 Å². The van der Waals surface area contributed by atoms with Gasteiger partial charge in [0.1, 0.15) is 11.5 Å². The molecule has 0 saturated carbocycles. The third-order valence-corrected chi connectivity index (χ3v) is 2.08. The Labute approximate surface area is 95.9 Å². The molecule has 4 nitrogen and oxygen atoms in total. The largest absolute Gasteiger partial charge is 0.465 e. The number of carbonyl (C=O) groups is 1. The van der Waals surface area contributed by atoms with Crippen molar-refractivity contribution in [3.05, 3.63) is 36.3 Å². The van der Waals surface area contributed by atoms with Crippen molar-refractivity contribution in [3.8, 4) is 0 Å². The number of nitrogens with one attached hydrogen (secondary N) is 1. The lowest BCUT2D eigenvalue weighted by Gasteiger charge is -2.14. The van der Waals surface area contributed by atoms with Crippen LogP contribution in [-0.2, 0) is 11.3 Å². The van der Waals surface area contributed by atoms with Gasteiger partial charge in [-0.25, -0.2) is 0 Å². The van der Waals surface area contributed by atoms with Crippen LogP contribution in [0, 0.1) is 6.92 Å². The lowest BCUT2D eigenvalue weighted by Crippen LogP contribution is -2.34. The van der Waals surface area contributed by atoms with E-state index in [4.69, 9.17) is 4.42 Å². The van der Waals surface area contributed by atoms with Gasteiger partial charge in [-0.3, -0.25) is 9.69 Å². The van der Waals surface area contributed by atoms with Crippen molar-refractivity contribution in [2.45, 2.75) is 13.5 Å². The first-order chi connectivity index (χ1) is 7.61. The van der Waals surface area contributed by atoms with Crippen LogP contribution in [0.2, 0.25) is 0 Å². The quantitative estimate of drug-likeness (QED) is 0.738. The SMILES string of the molecule is C=CCNC(=O)CN(C)Cc1ccc(C)o1. The molecule has 0 aliphatic carbocycles. The highest BCUT2D eigenvalue weighted by atomic mass is 16.3. The van der Waals surface area contributed by atoms with E-state index in [0.717, 1.165) is 11.5 Å². The summed E-state index contributed by atoms with van der Waals surface area (Å²) in [7, 11) is 1.88. The molecule has 1 heterocycles. The third kappa shape index (κ3) is 4.31. The summed E-state index contributed by atoms with van der Waals surface area (Å²) >= 11 is 0. The first-order valence-electron chi connectivity index (χ1n) is 5.23. The molecule has 88 valence electrons. The minimum absolute atomic E-state index is 0.00863. The maximum atomic E-state index is 11.4. The minimum atomic E-state index is -0.00863. The number of nitrogens with zero attached hydrogens (tertiary/aromatic N) is 1. The molecule has 0 saturated heterocycles. The van der Waals surface area contributed by atoms with E-state index in [2.05, 4.69) is 11.9 Å². The van der Waals surface area contributed by atoms with Crippen LogP contribution in [0.15, 0.2) is 29.2 Å². The third-order valence-electron chi connectivity index (χ3n) is 2.08. The van der Waals surface area contributed by atoms with E-state index in [1.165, 1.54) is 0 Å². The van der Waals surface area contributed by atoms with Crippen molar-refractivity contribution in [2.24, 2.45) is 0 Å². The van der Waals surface area contributed by atoms with Gasteiger partial charge in [-0.15, -0.1) is 6.58 Å². The Morgan fingerprint density at radius 3 is 2.94 bits per heavy atom. The van der Waals surface area contributed by atoms with Crippen LogP contribution in [-0.4, -0.2) is 30.9 Å². The lowest BCUT2D eigenvalue weighted by atomic mass is 10.4. The maximum Gasteiger partial charge on any atom is 0.234 e. The second kappa shape index (κ2) is 6.12. The van der Waals surface area contributed by atoms with E-state index >= 15 is 0 Å². The molecule has 0 atom stereocenters. The summed E-state index contributed by atoms with van der Waals surface area (Å²) in [5, 5.41) is 2.72. The van der Waals surface area contributed by atoms with Crippen molar-refractivity contribution in [1.29, 1.82) is 0 Å². The fraction of sp³-hybridized carbons (Fsp3) is 0.417. The molecule has 0 unspecified atom stereocenters. The first kappa shape index (κ1) is 12.5. The first-order valence-corrected chi connectivity index (χ1v) is 5.23. The van der Waals surface area contributed by atoms with E-state index < -0.39 is 0 Å². The molecule has 0 spiro atoms. The topological polar surface area (TPSA) is 45.5 Å². The number of furan rings is 1. The fourth-order valence-electron chi connectivity index (χ4n) is 1.38. The van der Waals surface area contributed by atoms with Gasteiger partial charge in [0, 0.05) is 6.54 Å². The number of amides is 1. The standard InChI is InChI=1S/C12H18N2O2/c1-4-7-13-12(15)9-14(3)8-11-6-5-10(2)16-11/h4-6H,1,7-9H2,2-3H3,(H,13,15). The summed E-state index contributed by atoms with van der Waals surface area (Å²) in [5.41, 5.74) is 0. The smallest absolute Gasteiger partial charge is 0.234 e. The van der Waals surface area contributed by atoms with Crippen LogP contribution in [0.4, 0.5) is 0 Å². The molecule has 0 aliphatic rings. The summed E-state index contributed by atoms with van der Waals surface area (Å²) in [4.78, 5) is 13.3. The molecule has 4 heteroatoms. The zero-order valence-electron chi connectivity index (χ0n) is 9.82. The molecule has 0 radical (unpaired) electrons. The maximum absolute atomic E-state index is 11.4. The molecule has 16 heavy (non-hydrogen) atoms. The summed E-state index contributed by atoms with van der Waals surface area (Å²) in [5.74, 6) is 1.75. The van der Waals surface area contributed by atoms with Gasteiger partial charge in [-0.2, -0.15) is 0 Å². The predicted octanol–water partition coefficient (Wildman–Crippen LogP) is 1.32. The molecule has 0 fully saturated rings. The number of carbonyl (C=O) groups excluding carboxylic acids is 1. The fourth-order valence-corrected chi connectivity index (χ4v) is 1.38. The van der Waals surface area contributed by atoms with Crippen LogP contribution < -0.4 is 5.32 Å². The molecule has 0 aliphatic heterocycles. The molecule has 1 N–H and O–H groups in total. The van der Waals surface area contributed by atoms with Gasteiger partial charge in [0.05, 0.1) is 13.1 Å². The Bertz CT molecular complexity index is 358. The molecule has 1 aromatic rings. The van der Waals surface area contributed by atoms with Crippen molar-refractivity contribution in [3.63, 3.8) is 0 Å². The van der Waals surface area contributed by atoms with Crippen LogP contribution in [0.3, 0.4) is 0 Å². The Morgan fingerprint density at radius 2 is 2.38 bits per heavy atom. The van der Waals surface area contributed by atoms with E-state index in [1.54, 1.807) is 6.08 Å². The molecule has 1 aromatic heterocycles. The van der Waals surface area contributed by atoms with Gasteiger partial charge in [0.2, 0.25) is 5.91 Å². The second-order valence-corrected chi connectivity index (χ2v) is 3.78. The lowest BCUT2D eigenvalue weighted by molar-refractivity contribution is -0.121. The zero-order chi connectivity index (χ0) is 12.0. The molecular formula is C12H18N2O2. The summed E-state index contributed by atoms with van der Waals surface area (Å²) < 4.78 is 5.43. The summed E-state index contributed by atoms with van der Waals surface area (Å²) in [6.07, 6.45) is 1.66. The molecule has 0 aromatic carbocycles. The number of hydrogen-bond acceptors (Lipinski definition) is 3. The van der Waals surface area contributed by atoms with Crippen molar-refractivity contribution in [2.75, 3.05) is 20.1 Å².